The number of anilines is 2. The van der Waals surface area contributed by atoms with Crippen molar-refractivity contribution in [3.63, 3.8) is 0 Å². The van der Waals surface area contributed by atoms with E-state index in [1.54, 1.807) is 36.1 Å². The van der Waals surface area contributed by atoms with E-state index in [2.05, 4.69) is 36.7 Å². The lowest BCUT2D eigenvalue weighted by atomic mass is 9.98. The molecule has 164 valence electrons. The van der Waals surface area contributed by atoms with E-state index in [0.29, 0.717) is 24.9 Å². The van der Waals surface area contributed by atoms with Gasteiger partial charge in [-0.2, -0.15) is 0 Å². The second kappa shape index (κ2) is 10.2. The molecule has 2 N–H and O–H groups in total. The van der Waals surface area contributed by atoms with Gasteiger partial charge in [-0.15, -0.1) is 0 Å². The van der Waals surface area contributed by atoms with Crippen LogP contribution in [-0.4, -0.2) is 46.5 Å². The zero-order chi connectivity index (χ0) is 22.4. The first-order chi connectivity index (χ1) is 14.9. The number of carbonyl (C=O) groups excluding carboxylic acids is 2. The van der Waals surface area contributed by atoms with Gasteiger partial charge in [0.25, 0.3) is 5.91 Å². The molecular weight excluding hydrogens is 472 g/mol. The van der Waals surface area contributed by atoms with Crippen molar-refractivity contribution in [1.29, 1.82) is 0 Å². The monoisotopic (exact) mass is 492 g/mol. The Kier molecular flexibility index (Phi) is 7.34. The van der Waals surface area contributed by atoms with Crippen LogP contribution in [-0.2, 0) is 9.53 Å². The summed E-state index contributed by atoms with van der Waals surface area (Å²) < 4.78 is 5.90. The quantitative estimate of drug-likeness (QED) is 0.339. The summed E-state index contributed by atoms with van der Waals surface area (Å²) >= 11 is 3.29. The lowest BCUT2D eigenvalue weighted by Gasteiger charge is -2.32. The standard InChI is InChI=1S/C19H21BrN6O5/c1-2-31-19(28)13-4-3-9-25(10-13)17-15(26(29)30)16(21-11-22-17)23-24-18(27)12-5-7-14(20)8-6-12/h5-8,11,13H,2-4,9-10H2,1H3,(H,24,27)(H,21,22,23). The number of nitrogens with zero attached hydrogens (tertiary/aromatic N) is 4. The Bertz CT molecular complexity index is 971. The summed E-state index contributed by atoms with van der Waals surface area (Å²) in [5, 5.41) is 11.8. The molecule has 0 spiro atoms. The highest BCUT2D eigenvalue weighted by Gasteiger charge is 2.33. The summed E-state index contributed by atoms with van der Waals surface area (Å²) in [6, 6.07) is 6.61. The van der Waals surface area contributed by atoms with Crippen molar-refractivity contribution in [2.75, 3.05) is 30.0 Å². The van der Waals surface area contributed by atoms with Crippen LogP contribution in [0.4, 0.5) is 17.3 Å². The van der Waals surface area contributed by atoms with Crippen molar-refractivity contribution in [2.24, 2.45) is 5.92 Å². The van der Waals surface area contributed by atoms with Crippen molar-refractivity contribution in [3.8, 4) is 0 Å². The average Bonchev–Trinajstić information content (AvgIpc) is 2.77. The van der Waals surface area contributed by atoms with Crippen LogP contribution < -0.4 is 15.8 Å². The zero-order valence-electron chi connectivity index (χ0n) is 16.7. The second-order valence-electron chi connectivity index (χ2n) is 6.77. The van der Waals surface area contributed by atoms with Crippen molar-refractivity contribution in [3.05, 3.63) is 50.7 Å². The number of carbonyl (C=O) groups is 2. The van der Waals surface area contributed by atoms with Crippen LogP contribution >= 0.6 is 15.9 Å². The molecule has 0 radical (unpaired) electrons. The number of piperidine rings is 1. The Balaban J connectivity index is 1.79. The van der Waals surface area contributed by atoms with Crippen LogP contribution in [0.5, 0.6) is 0 Å². The molecule has 31 heavy (non-hydrogen) atoms. The number of rotatable bonds is 7. The van der Waals surface area contributed by atoms with E-state index in [4.69, 9.17) is 4.74 Å². The Labute approximate surface area is 186 Å². The summed E-state index contributed by atoms with van der Waals surface area (Å²) in [6.45, 7) is 2.75. The number of halogens is 1. The van der Waals surface area contributed by atoms with E-state index < -0.39 is 16.7 Å². The van der Waals surface area contributed by atoms with Gasteiger partial charge in [-0.1, -0.05) is 15.9 Å². The van der Waals surface area contributed by atoms with Crippen molar-refractivity contribution < 1.29 is 19.2 Å². The average molecular weight is 493 g/mol. The maximum Gasteiger partial charge on any atom is 0.355 e. The number of esters is 1. The minimum Gasteiger partial charge on any atom is -0.466 e. The normalized spacial score (nSPS) is 15.8. The SMILES string of the molecule is CCOC(=O)C1CCCN(c2ncnc(NNC(=O)c3ccc(Br)cc3)c2[N+](=O)[O-])C1. The van der Waals surface area contributed by atoms with Gasteiger partial charge in [-0.05, 0) is 44.0 Å². The van der Waals surface area contributed by atoms with E-state index in [9.17, 15) is 19.7 Å². The fourth-order valence-electron chi connectivity index (χ4n) is 3.27. The fourth-order valence-corrected chi connectivity index (χ4v) is 3.54. The molecule has 1 aliphatic rings. The molecule has 1 aromatic heterocycles. The van der Waals surface area contributed by atoms with Crippen LogP contribution in [0.15, 0.2) is 35.1 Å². The highest BCUT2D eigenvalue weighted by Crippen LogP contribution is 2.34. The van der Waals surface area contributed by atoms with Crippen LogP contribution in [0.3, 0.4) is 0 Å². The Morgan fingerprint density at radius 1 is 1.32 bits per heavy atom. The fraction of sp³-hybridized carbons (Fsp3) is 0.368. The topological polar surface area (TPSA) is 140 Å². The molecule has 3 rings (SSSR count). The van der Waals surface area contributed by atoms with Gasteiger partial charge in [-0.25, -0.2) is 9.97 Å². The number of aromatic nitrogens is 2. The van der Waals surface area contributed by atoms with Crippen molar-refractivity contribution in [1.82, 2.24) is 15.4 Å². The highest BCUT2D eigenvalue weighted by molar-refractivity contribution is 9.10. The summed E-state index contributed by atoms with van der Waals surface area (Å²) in [5.41, 5.74) is 4.91. The van der Waals surface area contributed by atoms with Gasteiger partial charge >= 0.3 is 11.7 Å². The van der Waals surface area contributed by atoms with Gasteiger partial charge in [0.05, 0.1) is 17.4 Å². The first kappa shape index (κ1) is 22.4. The zero-order valence-corrected chi connectivity index (χ0v) is 18.3. The third-order valence-electron chi connectivity index (χ3n) is 4.73. The maximum atomic E-state index is 12.3. The number of benzene rings is 1. The molecule has 0 saturated carbocycles. The Hall–Kier alpha value is -3.28. The van der Waals surface area contributed by atoms with Crippen molar-refractivity contribution in [2.45, 2.75) is 19.8 Å². The molecule has 12 heteroatoms. The van der Waals surface area contributed by atoms with Crippen LogP contribution in [0.25, 0.3) is 0 Å². The molecule has 1 fully saturated rings. The maximum absolute atomic E-state index is 12.3. The lowest BCUT2D eigenvalue weighted by molar-refractivity contribution is -0.383. The first-order valence-corrected chi connectivity index (χ1v) is 10.4. The first-order valence-electron chi connectivity index (χ1n) is 9.63. The van der Waals surface area contributed by atoms with Gasteiger partial charge in [0.2, 0.25) is 11.6 Å². The minimum atomic E-state index is -0.614. The second-order valence-corrected chi connectivity index (χ2v) is 7.69. The number of hydrogen-bond acceptors (Lipinski definition) is 9. The molecule has 0 bridgehead atoms. The highest BCUT2D eigenvalue weighted by atomic mass is 79.9. The number of ether oxygens (including phenoxy) is 1. The van der Waals surface area contributed by atoms with Gasteiger partial charge in [-0.3, -0.25) is 30.6 Å². The number of amides is 1. The molecule has 1 saturated heterocycles. The van der Waals surface area contributed by atoms with Crippen LogP contribution in [0.2, 0.25) is 0 Å². The Morgan fingerprint density at radius 2 is 2.06 bits per heavy atom. The third kappa shape index (κ3) is 5.45. The van der Waals surface area contributed by atoms with E-state index in [-0.39, 0.29) is 36.4 Å². The smallest absolute Gasteiger partial charge is 0.355 e. The molecule has 1 unspecified atom stereocenters. The van der Waals surface area contributed by atoms with E-state index >= 15 is 0 Å². The largest absolute Gasteiger partial charge is 0.466 e. The summed E-state index contributed by atoms with van der Waals surface area (Å²) in [7, 11) is 0. The number of hydrazine groups is 1. The van der Waals surface area contributed by atoms with Gasteiger partial charge in [0, 0.05) is 23.1 Å². The summed E-state index contributed by atoms with van der Waals surface area (Å²) in [6.07, 6.45) is 2.47. The molecule has 1 atom stereocenters. The van der Waals surface area contributed by atoms with Gasteiger partial charge < -0.3 is 9.64 Å². The minimum absolute atomic E-state index is 0.0781. The molecule has 1 aliphatic heterocycles. The molecule has 11 nitrogen and oxygen atoms in total. The Morgan fingerprint density at radius 3 is 2.74 bits per heavy atom. The summed E-state index contributed by atoms with van der Waals surface area (Å²) in [4.78, 5) is 45.3. The predicted molar refractivity (Wildman–Crippen MR) is 115 cm³/mol. The van der Waals surface area contributed by atoms with E-state index in [1.165, 1.54) is 6.33 Å². The van der Waals surface area contributed by atoms with Crippen molar-refractivity contribution >= 4 is 45.1 Å². The molecule has 2 heterocycles. The number of nitro groups is 1. The van der Waals surface area contributed by atoms with Crippen LogP contribution in [0.1, 0.15) is 30.1 Å². The molecular formula is C19H21BrN6O5. The van der Waals surface area contributed by atoms with Crippen LogP contribution in [0, 0.1) is 16.0 Å². The van der Waals surface area contributed by atoms with Gasteiger partial charge in [0.1, 0.15) is 6.33 Å². The van der Waals surface area contributed by atoms with E-state index in [1.807, 2.05) is 0 Å². The number of hydrogen-bond donors (Lipinski definition) is 2. The predicted octanol–water partition coefficient (Wildman–Crippen LogP) is 2.68. The molecule has 1 amide bonds. The third-order valence-corrected chi connectivity index (χ3v) is 5.26. The molecule has 1 aromatic carbocycles. The van der Waals surface area contributed by atoms with E-state index in [0.717, 1.165) is 4.47 Å². The van der Waals surface area contributed by atoms with Gasteiger partial charge in [0.15, 0.2) is 0 Å². The number of nitrogens with one attached hydrogen (secondary N) is 2. The lowest BCUT2D eigenvalue weighted by Crippen LogP contribution is -2.40. The summed E-state index contributed by atoms with van der Waals surface area (Å²) in [5.74, 6) is -1.28. The molecule has 2 aromatic rings. The molecule has 0 aliphatic carbocycles.